The lowest BCUT2D eigenvalue weighted by Gasteiger charge is -2.25. The molecule has 0 aromatic heterocycles. The fraction of sp³-hybridized carbons (Fsp3) is 0.381. The summed E-state index contributed by atoms with van der Waals surface area (Å²) in [5, 5.41) is 16.9. The smallest absolute Gasteiger partial charge is 0.387 e. The molecule has 30 heavy (non-hydrogen) atoms. The van der Waals surface area contributed by atoms with Crippen LogP contribution in [0.3, 0.4) is 0 Å². The second-order valence-electron chi connectivity index (χ2n) is 6.54. The van der Waals surface area contributed by atoms with E-state index in [4.69, 9.17) is 4.74 Å². The van der Waals surface area contributed by atoms with E-state index in [0.29, 0.717) is 23.8 Å². The van der Waals surface area contributed by atoms with Crippen LogP contribution in [0.5, 0.6) is 11.5 Å². The van der Waals surface area contributed by atoms with E-state index in [9.17, 15) is 13.9 Å². The highest BCUT2D eigenvalue weighted by Gasteiger charge is 2.23. The zero-order valence-corrected chi connectivity index (χ0v) is 19.5. The number of guanidine groups is 1. The van der Waals surface area contributed by atoms with Crippen molar-refractivity contribution in [2.24, 2.45) is 4.99 Å². The first-order chi connectivity index (χ1) is 13.9. The fourth-order valence-corrected chi connectivity index (χ4v) is 2.66. The van der Waals surface area contributed by atoms with Gasteiger partial charge in [-0.25, -0.2) is 4.99 Å². The number of aliphatic imine (C=N–C) groups is 1. The zero-order valence-electron chi connectivity index (χ0n) is 17.2. The van der Waals surface area contributed by atoms with Gasteiger partial charge in [0.15, 0.2) is 5.96 Å². The highest BCUT2D eigenvalue weighted by molar-refractivity contribution is 14.0. The summed E-state index contributed by atoms with van der Waals surface area (Å²) < 4.78 is 35.1. The molecule has 0 saturated carbocycles. The molecule has 3 N–H and O–H groups in total. The van der Waals surface area contributed by atoms with E-state index in [1.807, 2.05) is 37.3 Å². The van der Waals surface area contributed by atoms with Gasteiger partial charge in [0.2, 0.25) is 0 Å². The Labute approximate surface area is 192 Å². The van der Waals surface area contributed by atoms with Gasteiger partial charge in [-0.3, -0.25) is 0 Å². The molecule has 0 bridgehead atoms. The van der Waals surface area contributed by atoms with Gasteiger partial charge in [-0.05, 0) is 31.5 Å². The number of ether oxygens (including phenoxy) is 2. The quantitative estimate of drug-likeness (QED) is 0.258. The highest BCUT2D eigenvalue weighted by atomic mass is 127. The number of hydrogen-bond donors (Lipinski definition) is 3. The van der Waals surface area contributed by atoms with Gasteiger partial charge < -0.3 is 25.2 Å². The molecule has 0 amide bonds. The topological polar surface area (TPSA) is 75.1 Å². The van der Waals surface area contributed by atoms with Gasteiger partial charge >= 0.3 is 6.61 Å². The maximum atomic E-state index is 12.7. The van der Waals surface area contributed by atoms with Crippen molar-refractivity contribution in [3.05, 3.63) is 59.7 Å². The average Bonchev–Trinajstić information content (AvgIpc) is 2.71. The number of benzene rings is 2. The Morgan fingerprint density at radius 3 is 2.47 bits per heavy atom. The molecular formula is C21H28F2IN3O3. The molecule has 0 saturated heterocycles. The van der Waals surface area contributed by atoms with Crippen molar-refractivity contribution in [3.63, 3.8) is 0 Å². The molecule has 0 aliphatic carbocycles. The maximum absolute atomic E-state index is 12.7. The van der Waals surface area contributed by atoms with E-state index < -0.39 is 12.2 Å². The molecule has 0 aliphatic heterocycles. The van der Waals surface area contributed by atoms with Crippen LogP contribution in [-0.2, 0) is 12.1 Å². The summed E-state index contributed by atoms with van der Waals surface area (Å²) in [6, 6.07) is 14.0. The molecule has 0 spiro atoms. The summed E-state index contributed by atoms with van der Waals surface area (Å²) >= 11 is 0. The van der Waals surface area contributed by atoms with Crippen LogP contribution in [0.2, 0.25) is 0 Å². The van der Waals surface area contributed by atoms with Crippen LogP contribution in [0.1, 0.15) is 25.0 Å². The molecule has 6 nitrogen and oxygen atoms in total. The number of methoxy groups -OCH3 is 1. The van der Waals surface area contributed by atoms with Crippen molar-refractivity contribution in [2.75, 3.05) is 20.2 Å². The summed E-state index contributed by atoms with van der Waals surface area (Å²) in [6.07, 6.45) is 0. The van der Waals surface area contributed by atoms with Crippen molar-refractivity contribution < 1.29 is 23.4 Å². The van der Waals surface area contributed by atoms with E-state index in [1.54, 1.807) is 19.1 Å². The third-order valence-corrected chi connectivity index (χ3v) is 4.24. The third-order valence-electron chi connectivity index (χ3n) is 4.24. The molecule has 1 atom stereocenters. The first-order valence-corrected chi connectivity index (χ1v) is 9.27. The highest BCUT2D eigenvalue weighted by Crippen LogP contribution is 2.27. The SMILES string of the molecule is CCNC(=NCc1ccc(OC)cc1OC(F)F)NCC(C)(O)c1ccccc1.I. The summed E-state index contributed by atoms with van der Waals surface area (Å²) in [7, 11) is 1.45. The van der Waals surface area contributed by atoms with E-state index in [-0.39, 0.29) is 42.8 Å². The van der Waals surface area contributed by atoms with Gasteiger partial charge in [0, 0.05) is 18.2 Å². The van der Waals surface area contributed by atoms with Crippen LogP contribution in [0.4, 0.5) is 8.78 Å². The molecular weight excluding hydrogens is 507 g/mol. The maximum Gasteiger partial charge on any atom is 0.387 e. The average molecular weight is 535 g/mol. The first kappa shape index (κ1) is 25.9. The van der Waals surface area contributed by atoms with Crippen molar-refractivity contribution >= 4 is 29.9 Å². The molecule has 0 fully saturated rings. The molecule has 2 aromatic rings. The Hall–Kier alpha value is -2.14. The van der Waals surface area contributed by atoms with Gasteiger partial charge in [0.25, 0.3) is 0 Å². The Bertz CT molecular complexity index is 805. The Morgan fingerprint density at radius 2 is 1.87 bits per heavy atom. The van der Waals surface area contributed by atoms with Crippen molar-refractivity contribution in [1.82, 2.24) is 10.6 Å². The molecule has 2 aromatic carbocycles. The zero-order chi connectivity index (χ0) is 21.3. The van der Waals surface area contributed by atoms with E-state index in [0.717, 1.165) is 5.56 Å². The minimum atomic E-state index is -2.95. The Balaban J connectivity index is 0.00000450. The second kappa shape index (κ2) is 12.5. The molecule has 0 radical (unpaired) electrons. The van der Waals surface area contributed by atoms with Crippen LogP contribution < -0.4 is 20.1 Å². The number of halogens is 3. The molecule has 166 valence electrons. The summed E-state index contributed by atoms with van der Waals surface area (Å²) in [6.45, 7) is 1.59. The van der Waals surface area contributed by atoms with E-state index in [2.05, 4.69) is 20.4 Å². The van der Waals surface area contributed by atoms with Crippen LogP contribution in [0, 0.1) is 0 Å². The van der Waals surface area contributed by atoms with Gasteiger partial charge in [-0.15, -0.1) is 24.0 Å². The van der Waals surface area contributed by atoms with Gasteiger partial charge in [-0.1, -0.05) is 30.3 Å². The van der Waals surface area contributed by atoms with Gasteiger partial charge in [-0.2, -0.15) is 8.78 Å². The van der Waals surface area contributed by atoms with Crippen LogP contribution in [0.15, 0.2) is 53.5 Å². The van der Waals surface area contributed by atoms with Gasteiger partial charge in [0.1, 0.15) is 17.1 Å². The summed E-state index contributed by atoms with van der Waals surface area (Å²) in [4.78, 5) is 4.42. The number of nitrogens with zero attached hydrogens (tertiary/aromatic N) is 1. The predicted octanol–water partition coefficient (Wildman–Crippen LogP) is 3.88. The lowest BCUT2D eigenvalue weighted by atomic mass is 9.96. The first-order valence-electron chi connectivity index (χ1n) is 9.27. The van der Waals surface area contributed by atoms with Crippen LogP contribution >= 0.6 is 24.0 Å². The standard InChI is InChI=1S/C21H27F2N3O3.HI/c1-4-24-20(26-14-21(2,27)16-8-6-5-7-9-16)25-13-15-10-11-17(28-3)12-18(15)29-19(22)23;/h5-12,19,27H,4,13-14H2,1-3H3,(H2,24,25,26);1H. The molecule has 2 rings (SSSR count). The molecule has 0 heterocycles. The number of hydrogen-bond acceptors (Lipinski definition) is 4. The molecule has 9 heteroatoms. The Morgan fingerprint density at radius 1 is 1.17 bits per heavy atom. The minimum Gasteiger partial charge on any atom is -0.497 e. The normalized spacial score (nSPS) is 13.2. The fourth-order valence-electron chi connectivity index (χ4n) is 2.66. The second-order valence-corrected chi connectivity index (χ2v) is 6.54. The van der Waals surface area contributed by atoms with Gasteiger partial charge in [0.05, 0.1) is 20.2 Å². The summed E-state index contributed by atoms with van der Waals surface area (Å²) in [5.41, 5.74) is 0.144. The number of alkyl halides is 2. The van der Waals surface area contributed by atoms with Crippen LogP contribution in [-0.4, -0.2) is 37.9 Å². The van der Waals surface area contributed by atoms with Crippen molar-refractivity contribution in [2.45, 2.75) is 32.6 Å². The monoisotopic (exact) mass is 535 g/mol. The van der Waals surface area contributed by atoms with Crippen molar-refractivity contribution in [3.8, 4) is 11.5 Å². The lowest BCUT2D eigenvalue weighted by molar-refractivity contribution is -0.0505. The van der Waals surface area contributed by atoms with Crippen LogP contribution in [0.25, 0.3) is 0 Å². The third kappa shape index (κ3) is 7.94. The van der Waals surface area contributed by atoms with E-state index >= 15 is 0 Å². The number of rotatable bonds is 9. The Kier molecular flexibility index (Phi) is 10.8. The largest absolute Gasteiger partial charge is 0.497 e. The lowest BCUT2D eigenvalue weighted by Crippen LogP contribution is -2.44. The number of aliphatic hydroxyl groups is 1. The summed E-state index contributed by atoms with van der Waals surface area (Å²) in [5.74, 6) is 0.870. The predicted molar refractivity (Wildman–Crippen MR) is 124 cm³/mol. The van der Waals surface area contributed by atoms with E-state index in [1.165, 1.54) is 13.2 Å². The minimum absolute atomic E-state index is 0. The number of nitrogens with one attached hydrogen (secondary N) is 2. The van der Waals surface area contributed by atoms with Crippen molar-refractivity contribution in [1.29, 1.82) is 0 Å². The molecule has 0 aliphatic rings. The molecule has 1 unspecified atom stereocenters.